The van der Waals surface area contributed by atoms with Crippen molar-refractivity contribution < 1.29 is 13.2 Å². The van der Waals surface area contributed by atoms with E-state index in [9.17, 15) is 13.2 Å². The van der Waals surface area contributed by atoms with Crippen LogP contribution in [0.4, 0.5) is 5.69 Å². The molecule has 1 aromatic rings. The van der Waals surface area contributed by atoms with Gasteiger partial charge >= 0.3 is 0 Å². The summed E-state index contributed by atoms with van der Waals surface area (Å²) in [6, 6.07) is 9.18. The molecule has 1 aromatic carbocycles. The summed E-state index contributed by atoms with van der Waals surface area (Å²) in [4.78, 5) is 12.0. The van der Waals surface area contributed by atoms with Crippen LogP contribution in [-0.4, -0.2) is 38.0 Å². The Balaban J connectivity index is 1.84. The van der Waals surface area contributed by atoms with Crippen LogP contribution >= 0.6 is 0 Å². The van der Waals surface area contributed by atoms with Crippen LogP contribution < -0.4 is 5.32 Å². The first-order chi connectivity index (χ1) is 11.4. The molecule has 0 bridgehead atoms. The zero-order valence-corrected chi connectivity index (χ0v) is 15.0. The first-order valence-electron chi connectivity index (χ1n) is 8.43. The van der Waals surface area contributed by atoms with E-state index >= 15 is 0 Å². The number of sulfonamides is 1. The number of hydrogen-bond donors (Lipinski definition) is 1. The summed E-state index contributed by atoms with van der Waals surface area (Å²) in [6.45, 7) is 0.661. The average molecular weight is 350 g/mol. The van der Waals surface area contributed by atoms with Crippen LogP contribution in [0.5, 0.6) is 0 Å². The molecule has 0 aliphatic heterocycles. The number of nitrogens with zero attached hydrogens (tertiary/aromatic N) is 1. The Hall–Kier alpha value is -1.66. The van der Waals surface area contributed by atoms with Crippen LogP contribution in [0.3, 0.4) is 0 Å². The van der Waals surface area contributed by atoms with E-state index in [0.717, 1.165) is 24.9 Å². The summed E-state index contributed by atoms with van der Waals surface area (Å²) in [7, 11) is -3.31. The molecular weight excluding hydrogens is 324 g/mol. The molecule has 1 N–H and O–H groups in total. The summed E-state index contributed by atoms with van der Waals surface area (Å²) in [5.41, 5.74) is 2.06. The lowest BCUT2D eigenvalue weighted by Gasteiger charge is -2.21. The Morgan fingerprint density at radius 1 is 1.17 bits per heavy atom. The smallest absolute Gasteiger partial charge is 0.225 e. The number of nitrogens with one attached hydrogen (secondary N) is 1. The molecule has 0 saturated heterocycles. The molecule has 2 rings (SSSR count). The molecule has 0 heterocycles. The third kappa shape index (κ3) is 6.45. The number of carbonyl (C=O) groups is 1. The highest BCUT2D eigenvalue weighted by Gasteiger charge is 2.18. The number of anilines is 1. The number of para-hydroxylation sites is 1. The lowest BCUT2D eigenvalue weighted by Crippen LogP contribution is -2.34. The van der Waals surface area contributed by atoms with Gasteiger partial charge in [-0.2, -0.15) is 0 Å². The molecule has 6 heteroatoms. The number of amides is 1. The van der Waals surface area contributed by atoms with Crippen molar-refractivity contribution in [3.05, 3.63) is 42.0 Å². The van der Waals surface area contributed by atoms with Gasteiger partial charge in [0.2, 0.25) is 15.9 Å². The molecule has 1 aliphatic rings. The van der Waals surface area contributed by atoms with E-state index in [-0.39, 0.29) is 18.9 Å². The van der Waals surface area contributed by atoms with Crippen LogP contribution in [-0.2, 0) is 14.8 Å². The largest absolute Gasteiger partial charge is 0.326 e. The van der Waals surface area contributed by atoms with Gasteiger partial charge in [0, 0.05) is 25.2 Å². The maximum Gasteiger partial charge on any atom is 0.225 e. The van der Waals surface area contributed by atoms with Crippen molar-refractivity contribution in [3.8, 4) is 0 Å². The first-order valence-corrected chi connectivity index (χ1v) is 10.3. The number of rotatable bonds is 8. The quantitative estimate of drug-likeness (QED) is 0.732. The maximum atomic E-state index is 12.0. The van der Waals surface area contributed by atoms with E-state index in [2.05, 4.69) is 11.4 Å². The van der Waals surface area contributed by atoms with Crippen LogP contribution in [0, 0.1) is 0 Å². The molecule has 0 unspecified atom stereocenters. The molecule has 5 nitrogen and oxygen atoms in total. The zero-order valence-electron chi connectivity index (χ0n) is 14.2. The summed E-state index contributed by atoms with van der Waals surface area (Å²) in [5.74, 6) is -0.174. The number of carbonyl (C=O) groups excluding carboxylic acids is 1. The highest BCUT2D eigenvalue weighted by molar-refractivity contribution is 7.88. The van der Waals surface area contributed by atoms with Gasteiger partial charge in [0.25, 0.3) is 0 Å². The van der Waals surface area contributed by atoms with E-state index in [1.165, 1.54) is 29.0 Å². The van der Waals surface area contributed by atoms with Gasteiger partial charge < -0.3 is 5.32 Å². The van der Waals surface area contributed by atoms with Crippen molar-refractivity contribution >= 4 is 21.6 Å². The van der Waals surface area contributed by atoms with Crippen molar-refractivity contribution in [2.75, 3.05) is 24.7 Å². The Kier molecular flexibility index (Phi) is 6.99. The van der Waals surface area contributed by atoms with Gasteiger partial charge in [-0.3, -0.25) is 4.79 Å². The number of hydrogen-bond acceptors (Lipinski definition) is 3. The van der Waals surface area contributed by atoms with Crippen molar-refractivity contribution in [2.24, 2.45) is 0 Å². The highest BCUT2D eigenvalue weighted by atomic mass is 32.2. The minimum Gasteiger partial charge on any atom is -0.326 e. The normalized spacial score (nSPS) is 15.2. The van der Waals surface area contributed by atoms with Gasteiger partial charge in [0.1, 0.15) is 0 Å². The third-order valence-electron chi connectivity index (χ3n) is 4.18. The van der Waals surface area contributed by atoms with E-state index in [1.54, 1.807) is 0 Å². The van der Waals surface area contributed by atoms with Crippen LogP contribution in [0.1, 0.15) is 38.5 Å². The predicted molar refractivity (Wildman–Crippen MR) is 97.3 cm³/mol. The minimum absolute atomic E-state index is 0.154. The molecule has 0 fully saturated rings. The summed E-state index contributed by atoms with van der Waals surface area (Å²) in [5, 5.41) is 2.78. The second-order valence-corrected chi connectivity index (χ2v) is 8.17. The Labute approximate surface area is 144 Å². The van der Waals surface area contributed by atoms with Gasteiger partial charge in [-0.15, -0.1) is 0 Å². The third-order valence-corrected chi connectivity index (χ3v) is 5.49. The van der Waals surface area contributed by atoms with Gasteiger partial charge in [0.15, 0.2) is 0 Å². The van der Waals surface area contributed by atoms with Crippen molar-refractivity contribution in [1.82, 2.24) is 4.31 Å². The van der Waals surface area contributed by atoms with E-state index in [4.69, 9.17) is 0 Å². The lowest BCUT2D eigenvalue weighted by atomic mass is 9.97. The Morgan fingerprint density at radius 2 is 1.92 bits per heavy atom. The molecule has 0 saturated carbocycles. The van der Waals surface area contributed by atoms with Crippen molar-refractivity contribution in [3.63, 3.8) is 0 Å². The molecule has 0 radical (unpaired) electrons. The second-order valence-electron chi connectivity index (χ2n) is 6.18. The fraction of sp³-hybridized carbons (Fsp3) is 0.500. The molecule has 0 aromatic heterocycles. The van der Waals surface area contributed by atoms with Crippen molar-refractivity contribution in [1.29, 1.82) is 0 Å². The van der Waals surface area contributed by atoms with Gasteiger partial charge in [-0.25, -0.2) is 12.7 Å². The fourth-order valence-corrected chi connectivity index (χ4v) is 3.66. The topological polar surface area (TPSA) is 66.5 Å². The standard InChI is InChI=1S/C18H26N2O3S/c1-24(22,23)20(14-12-16-8-4-2-5-9-16)15-13-18(21)19-17-10-6-3-7-11-17/h3,6-8,10-11H,2,4-5,9,12-15H2,1H3,(H,19,21). The monoisotopic (exact) mass is 350 g/mol. The van der Waals surface area contributed by atoms with Crippen LogP contribution in [0.15, 0.2) is 42.0 Å². The highest BCUT2D eigenvalue weighted by Crippen LogP contribution is 2.20. The molecule has 0 spiro atoms. The summed E-state index contributed by atoms with van der Waals surface area (Å²) < 4.78 is 25.3. The predicted octanol–water partition coefficient (Wildman–Crippen LogP) is 3.17. The first kappa shape index (κ1) is 18.7. The van der Waals surface area contributed by atoms with E-state index in [1.807, 2.05) is 30.3 Å². The maximum absolute atomic E-state index is 12.0. The zero-order chi connectivity index (χ0) is 17.4. The van der Waals surface area contributed by atoms with Gasteiger partial charge in [-0.1, -0.05) is 29.8 Å². The lowest BCUT2D eigenvalue weighted by molar-refractivity contribution is -0.116. The SMILES string of the molecule is CS(=O)(=O)N(CCC(=O)Nc1ccccc1)CCC1=CCCCC1. The van der Waals surface area contributed by atoms with Crippen LogP contribution in [0.2, 0.25) is 0 Å². The van der Waals surface area contributed by atoms with Gasteiger partial charge in [-0.05, 0) is 44.2 Å². The number of benzene rings is 1. The van der Waals surface area contributed by atoms with E-state index < -0.39 is 10.0 Å². The molecular formula is C18H26N2O3S. The number of allylic oxidation sites excluding steroid dienone is 1. The molecule has 0 atom stereocenters. The molecule has 24 heavy (non-hydrogen) atoms. The minimum atomic E-state index is -3.31. The second kappa shape index (κ2) is 8.99. The van der Waals surface area contributed by atoms with Gasteiger partial charge in [0.05, 0.1) is 6.26 Å². The average Bonchev–Trinajstić information content (AvgIpc) is 2.55. The molecule has 132 valence electrons. The van der Waals surface area contributed by atoms with Crippen molar-refractivity contribution in [2.45, 2.75) is 38.5 Å². The molecule has 1 aliphatic carbocycles. The fourth-order valence-electron chi connectivity index (χ4n) is 2.81. The van der Waals surface area contributed by atoms with Crippen LogP contribution in [0.25, 0.3) is 0 Å². The summed E-state index contributed by atoms with van der Waals surface area (Å²) >= 11 is 0. The summed E-state index contributed by atoms with van der Waals surface area (Å²) in [6.07, 6.45) is 8.90. The Bertz CT molecular complexity index is 669. The molecule has 1 amide bonds. The Morgan fingerprint density at radius 3 is 2.54 bits per heavy atom. The van der Waals surface area contributed by atoms with E-state index in [0.29, 0.717) is 6.54 Å².